The summed E-state index contributed by atoms with van der Waals surface area (Å²) in [5, 5.41) is 20.5. The van der Waals surface area contributed by atoms with Crippen LogP contribution in [0.25, 0.3) is 11.3 Å². The molecule has 5 N–H and O–H groups in total. The van der Waals surface area contributed by atoms with Crippen molar-refractivity contribution in [2.24, 2.45) is 10.8 Å². The second-order valence-electron chi connectivity index (χ2n) is 20.2. The molecule has 2 aliphatic heterocycles. The van der Waals surface area contributed by atoms with Gasteiger partial charge in [0.1, 0.15) is 17.7 Å². The quantitative estimate of drug-likeness (QED) is 0.0350. The lowest BCUT2D eigenvalue weighted by molar-refractivity contribution is -0.153. The van der Waals surface area contributed by atoms with Gasteiger partial charge in [0.15, 0.2) is 6.10 Å². The van der Waals surface area contributed by atoms with Crippen LogP contribution >= 0.6 is 11.6 Å². The van der Waals surface area contributed by atoms with E-state index in [-0.39, 0.29) is 29.1 Å². The maximum absolute atomic E-state index is 16.2. The molecule has 6 rings (SSSR count). The van der Waals surface area contributed by atoms with Crippen LogP contribution in [-0.4, -0.2) is 145 Å². The van der Waals surface area contributed by atoms with E-state index in [1.807, 2.05) is 4.90 Å². The molecule has 4 heterocycles. The van der Waals surface area contributed by atoms with E-state index in [9.17, 15) is 46.2 Å². The van der Waals surface area contributed by atoms with Crippen LogP contribution in [0.1, 0.15) is 62.8 Å². The summed E-state index contributed by atoms with van der Waals surface area (Å²) in [5.41, 5.74) is 1.67. The van der Waals surface area contributed by atoms with E-state index in [4.69, 9.17) is 21.1 Å². The van der Waals surface area contributed by atoms with Crippen molar-refractivity contribution in [2.75, 3.05) is 58.6 Å². The third kappa shape index (κ3) is 15.5. The number of hydrogen-bond acceptors (Lipinski definition) is 12. The minimum Gasteiger partial charge on any atom is -0.453 e. The Bertz CT molecular complexity index is 2680. The van der Waals surface area contributed by atoms with Gasteiger partial charge < -0.3 is 35.4 Å². The molecule has 0 radical (unpaired) electrons. The fourth-order valence-electron chi connectivity index (χ4n) is 8.98. The number of ether oxygens (including phenoxy) is 2. The first-order valence-corrected chi connectivity index (χ1v) is 24.7. The monoisotopic (exact) mass is 1090 g/mol. The highest BCUT2D eigenvalue weighted by Gasteiger charge is 2.46. The number of anilines is 1. The molecule has 2 aliphatic rings. The van der Waals surface area contributed by atoms with Crippen molar-refractivity contribution in [2.45, 2.75) is 96.1 Å². The molecule has 2 aromatic carbocycles. The van der Waals surface area contributed by atoms with E-state index in [2.05, 4.69) is 43.2 Å². The zero-order valence-electron chi connectivity index (χ0n) is 42.8. The molecule has 2 fully saturated rings. The minimum atomic E-state index is -4.27. The topological polar surface area (TPSA) is 191 Å². The Morgan fingerprint density at radius 3 is 2.11 bits per heavy atom. The largest absolute Gasteiger partial charge is 0.453 e. The summed E-state index contributed by atoms with van der Waals surface area (Å²) in [6, 6.07) is 14.7. The van der Waals surface area contributed by atoms with E-state index in [1.165, 1.54) is 53.1 Å². The number of carbonyl (C=O) groups excluding carboxylic acids is 4. The van der Waals surface area contributed by atoms with Crippen molar-refractivity contribution in [1.29, 1.82) is 0 Å². The number of halogens is 7. The lowest BCUT2D eigenvalue weighted by atomic mass is 9.85. The lowest BCUT2D eigenvalue weighted by Gasteiger charge is -2.41. The number of carbonyl (C=O) groups is 4. The molecule has 2 aromatic heterocycles. The SMILES string of the molecule is CNC(=O)O[C@H](C(=O)NN(Cc1c(F)cc(-c2ccccn2)cc1Cl)C[C@H](O)[C@H](Cc1ccc(C#Cc2ccc(N3C[C@@H]4CC[C@@H](C3)N4CC(F)(F)F)nc2)cc1)NC(=O)[C@@H](NC(=O)OC)C(C)(C)CF)C(C)(C)CF. The van der Waals surface area contributed by atoms with Crippen LogP contribution < -0.4 is 26.3 Å². The number of aliphatic hydroxyl groups is 1. The van der Waals surface area contributed by atoms with Crippen LogP contribution in [-0.2, 0) is 32.0 Å². The average Bonchev–Trinajstić information content (AvgIpc) is 3.59. The first-order chi connectivity index (χ1) is 35.9. The van der Waals surface area contributed by atoms with Crippen LogP contribution in [0, 0.1) is 28.5 Å². The maximum atomic E-state index is 16.2. The number of hydrogen-bond donors (Lipinski definition) is 5. The third-order valence-corrected chi connectivity index (χ3v) is 13.6. The van der Waals surface area contributed by atoms with Gasteiger partial charge in [0.2, 0.25) is 5.91 Å². The number of rotatable bonds is 20. The van der Waals surface area contributed by atoms with Gasteiger partial charge in [-0.2, -0.15) is 13.2 Å². The Morgan fingerprint density at radius 1 is 0.882 bits per heavy atom. The number of alkyl carbamates (subject to hydrolysis) is 2. The predicted octanol–water partition coefficient (Wildman–Crippen LogP) is 6.91. The van der Waals surface area contributed by atoms with Crippen LogP contribution in [0.5, 0.6) is 0 Å². The van der Waals surface area contributed by atoms with E-state index in [0.29, 0.717) is 59.7 Å². The second kappa shape index (κ2) is 25.4. The number of piperazine rings is 1. The molecular formula is C53H62ClF6N9O7. The summed E-state index contributed by atoms with van der Waals surface area (Å²) in [5.74, 6) is 3.94. The zero-order valence-corrected chi connectivity index (χ0v) is 43.6. The number of hydrazine groups is 1. The Kier molecular flexibility index (Phi) is 19.6. The van der Waals surface area contributed by atoms with Crippen molar-refractivity contribution in [3.8, 4) is 23.1 Å². The van der Waals surface area contributed by atoms with Crippen LogP contribution in [0.4, 0.5) is 41.7 Å². The standard InChI is InChI=1S/C53H62ClF6N9O7/c1-51(2,29-55)45(65-50(74)75-6)47(71)64-42(21-33-13-10-32(11-14-33)12-15-34-16-19-44(63-24-34)67-25-36-17-18-37(26-67)69(36)31-53(58,59)60)43(70)28-68(66-48(72)46(52(3,4)30-56)76-49(73)61-5)27-38-39(54)22-35(23-40(38)57)41-9-7-8-20-62-41/h7-11,13-14,16,19-20,22-24,36-37,42-43,45-46,70H,17-18,21,25-31H2,1-6H3,(H,61,73)(H,64,71)(H,65,74)(H,66,72)/t36-,37-,42-,43-,45+,46+/m0/s1. The summed E-state index contributed by atoms with van der Waals surface area (Å²) in [7, 11) is 2.30. The number of aliphatic hydroxyl groups excluding tert-OH is 1. The van der Waals surface area contributed by atoms with Gasteiger partial charge >= 0.3 is 18.4 Å². The molecular weight excluding hydrogens is 1020 g/mol. The fraction of sp³-hybridized carbons (Fsp3) is 0.472. The number of nitrogens with zero attached hydrogens (tertiary/aromatic N) is 5. The Morgan fingerprint density at radius 2 is 1.54 bits per heavy atom. The summed E-state index contributed by atoms with van der Waals surface area (Å²) in [6.07, 6.45) is -5.50. The number of benzene rings is 2. The van der Waals surface area contributed by atoms with Gasteiger partial charge in [-0.05, 0) is 73.4 Å². The van der Waals surface area contributed by atoms with Crippen LogP contribution in [0.15, 0.2) is 79.1 Å². The molecule has 0 saturated carbocycles. The van der Waals surface area contributed by atoms with Crippen molar-refractivity contribution in [1.82, 2.24) is 41.3 Å². The van der Waals surface area contributed by atoms with E-state index < -0.39 is 104 Å². The number of aromatic nitrogens is 2. The van der Waals surface area contributed by atoms with E-state index in [0.717, 1.165) is 12.1 Å². The molecule has 0 unspecified atom stereocenters. The highest BCUT2D eigenvalue weighted by atomic mass is 35.5. The maximum Gasteiger partial charge on any atom is 0.407 e. The summed E-state index contributed by atoms with van der Waals surface area (Å²) < 4.78 is 94.8. The lowest BCUT2D eigenvalue weighted by Crippen LogP contribution is -2.60. The van der Waals surface area contributed by atoms with Crippen LogP contribution in [0.3, 0.4) is 0 Å². The number of fused-ring (bicyclic) bond motifs is 2. The summed E-state index contributed by atoms with van der Waals surface area (Å²) in [4.78, 5) is 65.5. The second-order valence-corrected chi connectivity index (χ2v) is 20.6. The molecule has 2 bridgehead atoms. The number of amides is 4. The van der Waals surface area contributed by atoms with Crippen molar-refractivity contribution < 1.29 is 60.1 Å². The molecule has 410 valence electrons. The normalized spacial score (nSPS) is 17.4. The Balaban J connectivity index is 1.27. The smallest absolute Gasteiger partial charge is 0.407 e. The molecule has 4 amide bonds. The molecule has 0 spiro atoms. The number of nitrogens with one attached hydrogen (secondary N) is 4. The first kappa shape index (κ1) is 58.6. The summed E-state index contributed by atoms with van der Waals surface area (Å²) >= 11 is 6.69. The van der Waals surface area contributed by atoms with E-state index in [1.54, 1.807) is 65.7 Å². The highest BCUT2D eigenvalue weighted by Crippen LogP contribution is 2.35. The highest BCUT2D eigenvalue weighted by molar-refractivity contribution is 6.31. The van der Waals surface area contributed by atoms with Crippen molar-refractivity contribution in [3.05, 3.63) is 112 Å². The molecule has 0 aliphatic carbocycles. The molecule has 6 atom stereocenters. The molecule has 2 saturated heterocycles. The first-order valence-electron chi connectivity index (χ1n) is 24.4. The number of pyridine rings is 2. The van der Waals surface area contributed by atoms with Gasteiger partial charge in [-0.15, -0.1) is 0 Å². The number of methoxy groups -OCH3 is 1. The average molecular weight is 1090 g/mol. The van der Waals surface area contributed by atoms with Crippen LogP contribution in [0.2, 0.25) is 5.02 Å². The van der Waals surface area contributed by atoms with Crippen molar-refractivity contribution in [3.63, 3.8) is 0 Å². The Hall–Kier alpha value is -6.67. The fourth-order valence-corrected chi connectivity index (χ4v) is 9.25. The van der Waals surface area contributed by atoms with Gasteiger partial charge in [0.05, 0.1) is 44.8 Å². The van der Waals surface area contributed by atoms with Gasteiger partial charge in [-0.3, -0.25) is 33.7 Å². The van der Waals surface area contributed by atoms with Gasteiger partial charge in [-0.25, -0.2) is 24.0 Å². The Labute approximate surface area is 442 Å². The summed E-state index contributed by atoms with van der Waals surface area (Å²) in [6.45, 7) is 2.04. The molecule has 76 heavy (non-hydrogen) atoms. The van der Waals surface area contributed by atoms with Gasteiger partial charge in [0, 0.05) is 95.8 Å². The third-order valence-electron chi connectivity index (χ3n) is 13.3. The predicted molar refractivity (Wildman–Crippen MR) is 271 cm³/mol. The van der Waals surface area contributed by atoms with Crippen molar-refractivity contribution >= 4 is 41.4 Å². The molecule has 16 nitrogen and oxygen atoms in total. The molecule has 23 heteroatoms. The molecule has 4 aromatic rings. The zero-order chi connectivity index (χ0) is 55.5. The van der Waals surface area contributed by atoms with Gasteiger partial charge in [-0.1, -0.05) is 69.3 Å². The van der Waals surface area contributed by atoms with Gasteiger partial charge in [0.25, 0.3) is 5.91 Å². The van der Waals surface area contributed by atoms with E-state index >= 15 is 4.39 Å². The number of alkyl halides is 5. The minimum absolute atomic E-state index is 0.102.